The Morgan fingerprint density at radius 3 is 1.39 bits per heavy atom. The molecule has 2 unspecified atom stereocenters. The molecule has 0 saturated carbocycles. The number of unbranched alkanes of at least 4 members (excludes halogenated alkanes) is 6. The van der Waals surface area contributed by atoms with Crippen molar-refractivity contribution in [2.75, 3.05) is 6.66 Å². The second-order valence-corrected chi connectivity index (χ2v) is 9.16. The van der Waals surface area contributed by atoms with Crippen LogP contribution in [0, 0.1) is 0 Å². The molecule has 110 valence electrons. The Kier molecular flexibility index (Phi) is 12.8. The van der Waals surface area contributed by atoms with Crippen LogP contribution in [0.15, 0.2) is 0 Å². The van der Waals surface area contributed by atoms with Crippen molar-refractivity contribution in [2.24, 2.45) is 0 Å². The topological polar surface area (TPSA) is 0 Å². The Morgan fingerprint density at radius 2 is 1.06 bits per heavy atom. The molecular weight excluding hydrogens is 235 g/mol. The van der Waals surface area contributed by atoms with Gasteiger partial charge < -0.3 is 0 Å². The third kappa shape index (κ3) is 9.37. The van der Waals surface area contributed by atoms with Crippen LogP contribution >= 0.6 is 7.92 Å². The number of hydrogen-bond donors (Lipinski definition) is 0. The van der Waals surface area contributed by atoms with Crippen molar-refractivity contribution in [1.29, 1.82) is 0 Å². The molecule has 0 aromatic rings. The molecule has 0 aliphatic carbocycles. The highest BCUT2D eigenvalue weighted by atomic mass is 31.1. The highest BCUT2D eigenvalue weighted by Gasteiger charge is 2.17. The molecule has 0 saturated heterocycles. The van der Waals surface area contributed by atoms with Crippen molar-refractivity contribution < 1.29 is 0 Å². The first-order valence-electron chi connectivity index (χ1n) is 8.35. The summed E-state index contributed by atoms with van der Waals surface area (Å²) in [4.78, 5) is 0. The highest BCUT2D eigenvalue weighted by Crippen LogP contribution is 2.46. The van der Waals surface area contributed by atoms with Crippen molar-refractivity contribution in [3.63, 3.8) is 0 Å². The Morgan fingerprint density at radius 1 is 0.667 bits per heavy atom. The van der Waals surface area contributed by atoms with Gasteiger partial charge in [0.15, 0.2) is 0 Å². The molecule has 0 aliphatic heterocycles. The molecule has 0 nitrogen and oxygen atoms in total. The summed E-state index contributed by atoms with van der Waals surface area (Å²) in [6, 6.07) is 0. The van der Waals surface area contributed by atoms with Crippen molar-refractivity contribution in [1.82, 2.24) is 0 Å². The van der Waals surface area contributed by atoms with Gasteiger partial charge in [-0.2, -0.15) is 0 Å². The fourth-order valence-corrected chi connectivity index (χ4v) is 4.62. The second-order valence-electron chi connectivity index (χ2n) is 6.06. The summed E-state index contributed by atoms with van der Waals surface area (Å²) in [7, 11) is 0.255. The Balaban J connectivity index is 3.65. The van der Waals surface area contributed by atoms with Gasteiger partial charge >= 0.3 is 0 Å². The van der Waals surface area contributed by atoms with Gasteiger partial charge in [0, 0.05) is 0 Å². The fourth-order valence-electron chi connectivity index (χ4n) is 2.57. The van der Waals surface area contributed by atoms with Gasteiger partial charge in [-0.1, -0.05) is 79.1 Å². The largest absolute Gasteiger partial charge is 0.104 e. The lowest BCUT2D eigenvalue weighted by Crippen LogP contribution is -2.09. The SMILES string of the molecule is CCCCCCC(C)P(C)C(C)CCCCCC. The summed E-state index contributed by atoms with van der Waals surface area (Å²) >= 11 is 0. The molecule has 0 spiro atoms. The fraction of sp³-hybridized carbons (Fsp3) is 1.00. The van der Waals surface area contributed by atoms with E-state index in [1.54, 1.807) is 0 Å². The highest BCUT2D eigenvalue weighted by molar-refractivity contribution is 7.58. The Hall–Kier alpha value is 0.430. The van der Waals surface area contributed by atoms with E-state index in [2.05, 4.69) is 34.4 Å². The normalized spacial score (nSPS) is 16.5. The summed E-state index contributed by atoms with van der Waals surface area (Å²) in [5.41, 5.74) is 1.97. The van der Waals surface area contributed by atoms with Crippen LogP contribution in [-0.2, 0) is 0 Å². The smallest absolute Gasteiger partial charge is 0.0238 e. The van der Waals surface area contributed by atoms with Crippen molar-refractivity contribution in [2.45, 2.75) is 103 Å². The van der Waals surface area contributed by atoms with Gasteiger partial charge in [0.25, 0.3) is 0 Å². The standard InChI is InChI=1S/C17H37P/c1-6-8-10-12-14-16(3)18(5)17(4)15-13-11-9-7-2/h16-17H,6-15H2,1-5H3. The van der Waals surface area contributed by atoms with Crippen LogP contribution in [0.4, 0.5) is 0 Å². The van der Waals surface area contributed by atoms with E-state index in [0.717, 1.165) is 11.3 Å². The molecule has 0 amide bonds. The van der Waals surface area contributed by atoms with Crippen LogP contribution in [0.25, 0.3) is 0 Å². The lowest BCUT2D eigenvalue weighted by molar-refractivity contribution is 0.613. The van der Waals surface area contributed by atoms with E-state index in [1.807, 2.05) is 0 Å². The second kappa shape index (κ2) is 12.5. The van der Waals surface area contributed by atoms with Gasteiger partial charge in [0.1, 0.15) is 0 Å². The zero-order valence-electron chi connectivity index (χ0n) is 13.7. The monoisotopic (exact) mass is 272 g/mol. The minimum absolute atomic E-state index is 0.255. The van der Waals surface area contributed by atoms with E-state index in [4.69, 9.17) is 0 Å². The first-order valence-corrected chi connectivity index (χ1v) is 10.3. The molecule has 18 heavy (non-hydrogen) atoms. The van der Waals surface area contributed by atoms with Gasteiger partial charge in [-0.15, -0.1) is 7.92 Å². The van der Waals surface area contributed by atoms with Crippen LogP contribution in [0.5, 0.6) is 0 Å². The quantitative estimate of drug-likeness (QED) is 0.270. The molecule has 0 aromatic carbocycles. The average Bonchev–Trinajstić information content (AvgIpc) is 2.38. The average molecular weight is 272 g/mol. The maximum Gasteiger partial charge on any atom is -0.0238 e. The lowest BCUT2D eigenvalue weighted by atomic mass is 10.1. The van der Waals surface area contributed by atoms with Crippen molar-refractivity contribution in [3.8, 4) is 0 Å². The first-order chi connectivity index (χ1) is 8.63. The van der Waals surface area contributed by atoms with Gasteiger partial charge in [-0.05, 0) is 30.8 Å². The summed E-state index contributed by atoms with van der Waals surface area (Å²) in [6.07, 6.45) is 14.4. The van der Waals surface area contributed by atoms with Crippen molar-refractivity contribution in [3.05, 3.63) is 0 Å². The molecule has 0 aliphatic rings. The number of hydrogen-bond acceptors (Lipinski definition) is 0. The minimum Gasteiger partial charge on any atom is -0.104 e. The van der Waals surface area contributed by atoms with E-state index in [9.17, 15) is 0 Å². The van der Waals surface area contributed by atoms with Crippen LogP contribution in [0.3, 0.4) is 0 Å². The van der Waals surface area contributed by atoms with E-state index in [-0.39, 0.29) is 7.92 Å². The molecule has 0 radical (unpaired) electrons. The molecule has 0 fully saturated rings. The summed E-state index contributed by atoms with van der Waals surface area (Å²) < 4.78 is 0. The van der Waals surface area contributed by atoms with E-state index in [0.29, 0.717) is 0 Å². The lowest BCUT2D eigenvalue weighted by Gasteiger charge is -2.27. The zero-order valence-corrected chi connectivity index (χ0v) is 14.6. The molecule has 0 heterocycles. The maximum atomic E-state index is 2.55. The zero-order chi connectivity index (χ0) is 13.8. The predicted molar refractivity (Wildman–Crippen MR) is 89.3 cm³/mol. The van der Waals surface area contributed by atoms with Gasteiger partial charge in [0.2, 0.25) is 0 Å². The van der Waals surface area contributed by atoms with E-state index < -0.39 is 0 Å². The Bertz CT molecular complexity index is 149. The molecule has 2 atom stereocenters. The predicted octanol–water partition coefficient (Wildman–Crippen LogP) is 6.82. The van der Waals surface area contributed by atoms with E-state index >= 15 is 0 Å². The third-order valence-corrected chi connectivity index (χ3v) is 7.64. The molecule has 0 aromatic heterocycles. The minimum atomic E-state index is 0.255. The maximum absolute atomic E-state index is 2.55. The van der Waals surface area contributed by atoms with Crippen LogP contribution in [-0.4, -0.2) is 18.0 Å². The van der Waals surface area contributed by atoms with Gasteiger partial charge in [0.05, 0.1) is 0 Å². The molecule has 1 heteroatoms. The molecular formula is C17H37P. The van der Waals surface area contributed by atoms with Gasteiger partial charge in [-0.25, -0.2) is 0 Å². The van der Waals surface area contributed by atoms with E-state index in [1.165, 1.54) is 64.2 Å². The Labute approximate surface area is 118 Å². The van der Waals surface area contributed by atoms with Crippen LogP contribution in [0.1, 0.15) is 91.9 Å². The van der Waals surface area contributed by atoms with Crippen molar-refractivity contribution >= 4 is 7.92 Å². The summed E-state index contributed by atoms with van der Waals surface area (Å²) in [5.74, 6) is 0. The molecule has 0 bridgehead atoms. The summed E-state index contributed by atoms with van der Waals surface area (Å²) in [5, 5.41) is 0. The van der Waals surface area contributed by atoms with Crippen LogP contribution < -0.4 is 0 Å². The third-order valence-electron chi connectivity index (χ3n) is 4.34. The molecule has 0 rings (SSSR count). The van der Waals surface area contributed by atoms with Gasteiger partial charge in [-0.3, -0.25) is 0 Å². The molecule has 0 N–H and O–H groups in total. The first kappa shape index (κ1) is 18.4. The summed E-state index contributed by atoms with van der Waals surface area (Å²) in [6.45, 7) is 12.1. The van der Waals surface area contributed by atoms with Crippen LogP contribution in [0.2, 0.25) is 0 Å². The number of rotatable bonds is 12.